The molecular weight excluding hydrogens is 220 g/mol. The molecule has 2 aliphatic rings. The molecular formula is C16H24N2. The fraction of sp³-hybridized carbons (Fsp3) is 0.625. The maximum absolute atomic E-state index is 3.50. The average molecular weight is 244 g/mol. The molecule has 0 aliphatic carbocycles. The van der Waals surface area contributed by atoms with Crippen LogP contribution in [0.4, 0.5) is 5.69 Å². The summed E-state index contributed by atoms with van der Waals surface area (Å²) in [5.41, 5.74) is 4.61. The molecule has 2 nitrogen and oxygen atoms in total. The molecule has 3 rings (SSSR count). The third kappa shape index (κ3) is 2.26. The van der Waals surface area contributed by atoms with Gasteiger partial charge >= 0.3 is 0 Å². The summed E-state index contributed by atoms with van der Waals surface area (Å²) < 4.78 is 0. The minimum Gasteiger partial charge on any atom is -0.384 e. The Morgan fingerprint density at radius 1 is 1.39 bits per heavy atom. The predicted octanol–water partition coefficient (Wildman–Crippen LogP) is 3.24. The molecule has 0 unspecified atom stereocenters. The zero-order valence-corrected chi connectivity index (χ0v) is 11.4. The van der Waals surface area contributed by atoms with Gasteiger partial charge < -0.3 is 10.2 Å². The Hall–Kier alpha value is -1.02. The number of likely N-dealkylation sites (tertiary alicyclic amines) is 1. The van der Waals surface area contributed by atoms with E-state index in [2.05, 4.69) is 35.3 Å². The Kier molecular flexibility index (Phi) is 3.55. The number of hydrogen-bond donors (Lipinski definition) is 1. The second-order valence-corrected chi connectivity index (χ2v) is 5.69. The second-order valence-electron chi connectivity index (χ2n) is 5.69. The SMILES string of the molecule is CCCN1CCC[C@@H](c2cccc3c2CCN3)C1. The summed E-state index contributed by atoms with van der Waals surface area (Å²) in [5, 5.41) is 3.50. The van der Waals surface area contributed by atoms with E-state index in [1.54, 1.807) is 11.1 Å². The van der Waals surface area contributed by atoms with Crippen LogP contribution in [0, 0.1) is 0 Å². The smallest absolute Gasteiger partial charge is 0.0376 e. The van der Waals surface area contributed by atoms with Crippen LogP contribution in [0.15, 0.2) is 18.2 Å². The number of nitrogens with zero attached hydrogens (tertiary/aromatic N) is 1. The van der Waals surface area contributed by atoms with Crippen molar-refractivity contribution >= 4 is 5.69 Å². The topological polar surface area (TPSA) is 15.3 Å². The van der Waals surface area contributed by atoms with E-state index in [0.29, 0.717) is 0 Å². The fourth-order valence-corrected chi connectivity index (χ4v) is 3.58. The molecule has 0 bridgehead atoms. The van der Waals surface area contributed by atoms with Crippen LogP contribution in [0.5, 0.6) is 0 Å². The highest BCUT2D eigenvalue weighted by Crippen LogP contribution is 2.34. The Labute approximate surface area is 110 Å². The van der Waals surface area contributed by atoms with Crippen LogP contribution in [-0.4, -0.2) is 31.1 Å². The van der Waals surface area contributed by atoms with Crippen LogP contribution in [0.25, 0.3) is 0 Å². The zero-order valence-electron chi connectivity index (χ0n) is 11.4. The van der Waals surface area contributed by atoms with Crippen LogP contribution in [0.2, 0.25) is 0 Å². The lowest BCUT2D eigenvalue weighted by Gasteiger charge is -2.33. The van der Waals surface area contributed by atoms with E-state index in [4.69, 9.17) is 0 Å². The standard InChI is InChI=1S/C16H24N2/c1-2-10-18-11-4-5-13(12-18)14-6-3-7-16-15(14)8-9-17-16/h3,6-7,13,17H,2,4-5,8-12H2,1H3/t13-/m1/s1. The first-order valence-electron chi connectivity index (χ1n) is 7.46. The van der Waals surface area contributed by atoms with Gasteiger partial charge in [-0.15, -0.1) is 0 Å². The first kappa shape index (κ1) is 12.0. The van der Waals surface area contributed by atoms with E-state index < -0.39 is 0 Å². The van der Waals surface area contributed by atoms with Gasteiger partial charge in [-0.1, -0.05) is 19.1 Å². The highest BCUT2D eigenvalue weighted by molar-refractivity contribution is 5.59. The summed E-state index contributed by atoms with van der Waals surface area (Å²) in [5.74, 6) is 0.764. The molecule has 2 aliphatic heterocycles. The molecule has 0 spiro atoms. The molecule has 0 saturated carbocycles. The molecule has 1 aromatic carbocycles. The third-order valence-electron chi connectivity index (χ3n) is 4.39. The van der Waals surface area contributed by atoms with E-state index in [-0.39, 0.29) is 0 Å². The van der Waals surface area contributed by atoms with E-state index in [9.17, 15) is 0 Å². The van der Waals surface area contributed by atoms with E-state index in [1.807, 2.05) is 0 Å². The second kappa shape index (κ2) is 5.31. The molecule has 2 heteroatoms. The van der Waals surface area contributed by atoms with Crippen LogP contribution < -0.4 is 5.32 Å². The largest absolute Gasteiger partial charge is 0.384 e. The lowest BCUT2D eigenvalue weighted by Crippen LogP contribution is -2.35. The van der Waals surface area contributed by atoms with Crippen molar-refractivity contribution in [3.63, 3.8) is 0 Å². The van der Waals surface area contributed by atoms with Crippen molar-refractivity contribution in [3.05, 3.63) is 29.3 Å². The summed E-state index contributed by atoms with van der Waals surface area (Å²) in [6, 6.07) is 6.83. The van der Waals surface area contributed by atoms with Gasteiger partial charge in [-0.3, -0.25) is 0 Å². The average Bonchev–Trinajstić information content (AvgIpc) is 2.87. The molecule has 0 radical (unpaired) electrons. The molecule has 1 saturated heterocycles. The number of anilines is 1. The van der Waals surface area contributed by atoms with E-state index >= 15 is 0 Å². The van der Waals surface area contributed by atoms with Gasteiger partial charge in [0, 0.05) is 18.8 Å². The summed E-state index contributed by atoms with van der Waals surface area (Å²) in [6.07, 6.45) is 5.23. The van der Waals surface area contributed by atoms with Crippen molar-refractivity contribution in [2.75, 3.05) is 31.5 Å². The zero-order chi connectivity index (χ0) is 12.4. The van der Waals surface area contributed by atoms with Gasteiger partial charge in [-0.2, -0.15) is 0 Å². The number of fused-ring (bicyclic) bond motifs is 1. The van der Waals surface area contributed by atoms with Crippen molar-refractivity contribution in [2.45, 2.75) is 38.5 Å². The lowest BCUT2D eigenvalue weighted by molar-refractivity contribution is 0.208. The summed E-state index contributed by atoms with van der Waals surface area (Å²) >= 11 is 0. The highest BCUT2D eigenvalue weighted by atomic mass is 15.1. The molecule has 2 heterocycles. The quantitative estimate of drug-likeness (QED) is 0.878. The Bertz CT molecular complexity index is 412. The van der Waals surface area contributed by atoms with Crippen molar-refractivity contribution < 1.29 is 0 Å². The van der Waals surface area contributed by atoms with Gasteiger partial charge in [0.1, 0.15) is 0 Å². The maximum atomic E-state index is 3.50. The fourth-order valence-electron chi connectivity index (χ4n) is 3.58. The minimum absolute atomic E-state index is 0.764. The first-order chi connectivity index (χ1) is 8.88. The van der Waals surface area contributed by atoms with Gasteiger partial charge in [-0.05, 0) is 61.9 Å². The molecule has 98 valence electrons. The first-order valence-corrected chi connectivity index (χ1v) is 7.46. The number of piperidine rings is 1. The van der Waals surface area contributed by atoms with Gasteiger partial charge in [0.2, 0.25) is 0 Å². The summed E-state index contributed by atoms with van der Waals surface area (Å²) in [6.45, 7) is 7.25. The summed E-state index contributed by atoms with van der Waals surface area (Å²) in [7, 11) is 0. The maximum Gasteiger partial charge on any atom is 0.0376 e. The van der Waals surface area contributed by atoms with Crippen molar-refractivity contribution in [1.82, 2.24) is 4.90 Å². The molecule has 1 aromatic rings. The number of hydrogen-bond acceptors (Lipinski definition) is 2. The van der Waals surface area contributed by atoms with Crippen molar-refractivity contribution in [1.29, 1.82) is 0 Å². The molecule has 0 aromatic heterocycles. The normalized spacial score (nSPS) is 23.7. The molecule has 0 amide bonds. The Balaban J connectivity index is 1.80. The Morgan fingerprint density at radius 2 is 2.33 bits per heavy atom. The molecule has 1 N–H and O–H groups in total. The number of benzene rings is 1. The van der Waals surface area contributed by atoms with Crippen LogP contribution in [0.1, 0.15) is 43.2 Å². The van der Waals surface area contributed by atoms with Gasteiger partial charge in [-0.25, -0.2) is 0 Å². The highest BCUT2D eigenvalue weighted by Gasteiger charge is 2.24. The Morgan fingerprint density at radius 3 is 3.22 bits per heavy atom. The van der Waals surface area contributed by atoms with Crippen molar-refractivity contribution in [3.8, 4) is 0 Å². The predicted molar refractivity (Wildman–Crippen MR) is 77.3 cm³/mol. The monoisotopic (exact) mass is 244 g/mol. The molecule has 18 heavy (non-hydrogen) atoms. The number of nitrogens with one attached hydrogen (secondary N) is 1. The number of rotatable bonds is 3. The lowest BCUT2D eigenvalue weighted by atomic mass is 9.86. The minimum atomic E-state index is 0.764. The molecule has 1 atom stereocenters. The summed E-state index contributed by atoms with van der Waals surface area (Å²) in [4.78, 5) is 2.65. The van der Waals surface area contributed by atoms with Crippen LogP contribution in [-0.2, 0) is 6.42 Å². The third-order valence-corrected chi connectivity index (χ3v) is 4.39. The van der Waals surface area contributed by atoms with Gasteiger partial charge in [0.15, 0.2) is 0 Å². The van der Waals surface area contributed by atoms with Crippen LogP contribution >= 0.6 is 0 Å². The van der Waals surface area contributed by atoms with Crippen molar-refractivity contribution in [2.24, 2.45) is 0 Å². The van der Waals surface area contributed by atoms with E-state index in [0.717, 1.165) is 12.5 Å². The van der Waals surface area contributed by atoms with Gasteiger partial charge in [0.25, 0.3) is 0 Å². The van der Waals surface area contributed by atoms with Gasteiger partial charge in [0.05, 0.1) is 0 Å². The molecule has 1 fully saturated rings. The van der Waals surface area contributed by atoms with Crippen LogP contribution in [0.3, 0.4) is 0 Å². The van der Waals surface area contributed by atoms with E-state index in [1.165, 1.54) is 51.0 Å².